The van der Waals surface area contributed by atoms with Crippen LogP contribution in [0.3, 0.4) is 0 Å². The van der Waals surface area contributed by atoms with Crippen molar-refractivity contribution in [3.63, 3.8) is 0 Å². The number of rotatable bonds is 3. The Labute approximate surface area is 112 Å². The van der Waals surface area contributed by atoms with Crippen molar-refractivity contribution in [3.8, 4) is 0 Å². The second-order valence-corrected chi connectivity index (χ2v) is 8.32. The van der Waals surface area contributed by atoms with Gasteiger partial charge in [-0.05, 0) is 12.1 Å². The maximum atomic E-state index is 12.4. The van der Waals surface area contributed by atoms with Gasteiger partial charge in [-0.3, -0.25) is 0 Å². The lowest BCUT2D eigenvalue weighted by Gasteiger charge is -2.26. The lowest BCUT2D eigenvalue weighted by molar-refractivity contribution is 0.429. The predicted molar refractivity (Wildman–Crippen MR) is 71.2 cm³/mol. The molecule has 19 heavy (non-hydrogen) atoms. The standard InChI is InChI=1S/C10H15N3O4S2/c1-11-9-3-2-4-12-10(9)19(16,17)13-5-7-18(14,15)8-6-13/h2-4,11H,5-8H2,1H3. The van der Waals surface area contributed by atoms with Crippen molar-refractivity contribution in [2.75, 3.05) is 37.0 Å². The zero-order valence-corrected chi connectivity index (χ0v) is 12.0. The van der Waals surface area contributed by atoms with Gasteiger partial charge >= 0.3 is 0 Å². The largest absolute Gasteiger partial charge is 0.386 e. The van der Waals surface area contributed by atoms with Gasteiger partial charge in [0.25, 0.3) is 10.0 Å². The molecule has 0 aliphatic carbocycles. The summed E-state index contributed by atoms with van der Waals surface area (Å²) < 4.78 is 48.6. The van der Waals surface area contributed by atoms with Gasteiger partial charge in [-0.1, -0.05) is 0 Å². The molecule has 106 valence electrons. The summed E-state index contributed by atoms with van der Waals surface area (Å²) in [7, 11) is -5.27. The van der Waals surface area contributed by atoms with Crippen molar-refractivity contribution < 1.29 is 16.8 Å². The molecule has 1 saturated heterocycles. The van der Waals surface area contributed by atoms with Crippen LogP contribution in [0.15, 0.2) is 23.4 Å². The molecule has 0 aromatic carbocycles. The van der Waals surface area contributed by atoms with Gasteiger partial charge in [0.2, 0.25) is 0 Å². The molecular weight excluding hydrogens is 290 g/mol. The third kappa shape index (κ3) is 2.88. The van der Waals surface area contributed by atoms with Crippen LogP contribution >= 0.6 is 0 Å². The van der Waals surface area contributed by atoms with Crippen LogP contribution in [0.1, 0.15) is 0 Å². The van der Waals surface area contributed by atoms with Crippen LogP contribution in [0.4, 0.5) is 5.69 Å². The van der Waals surface area contributed by atoms with E-state index in [4.69, 9.17) is 0 Å². The first kappa shape index (κ1) is 14.2. The molecular formula is C10H15N3O4S2. The average molecular weight is 305 g/mol. The van der Waals surface area contributed by atoms with Crippen molar-refractivity contribution >= 4 is 25.5 Å². The Hall–Kier alpha value is -1.19. The van der Waals surface area contributed by atoms with Crippen molar-refractivity contribution in [2.24, 2.45) is 0 Å². The van der Waals surface area contributed by atoms with E-state index in [1.165, 1.54) is 6.20 Å². The van der Waals surface area contributed by atoms with Crippen molar-refractivity contribution in [1.82, 2.24) is 9.29 Å². The lowest BCUT2D eigenvalue weighted by Crippen LogP contribution is -2.44. The van der Waals surface area contributed by atoms with Crippen LogP contribution in [-0.4, -0.2) is 57.8 Å². The van der Waals surface area contributed by atoms with Gasteiger partial charge in [-0.15, -0.1) is 0 Å². The molecule has 1 aliphatic heterocycles. The summed E-state index contributed by atoms with van der Waals surface area (Å²) in [6.07, 6.45) is 1.40. The number of sulfonamides is 1. The van der Waals surface area contributed by atoms with Gasteiger partial charge in [0.15, 0.2) is 14.9 Å². The molecule has 1 aromatic heterocycles. The summed E-state index contributed by atoms with van der Waals surface area (Å²) in [4.78, 5) is 3.89. The maximum absolute atomic E-state index is 12.4. The highest BCUT2D eigenvalue weighted by atomic mass is 32.2. The maximum Gasteiger partial charge on any atom is 0.262 e. The van der Waals surface area contributed by atoms with Crippen LogP contribution in [0, 0.1) is 0 Å². The average Bonchev–Trinajstić information content (AvgIpc) is 2.38. The molecule has 0 bridgehead atoms. The number of sulfone groups is 1. The summed E-state index contributed by atoms with van der Waals surface area (Å²) in [6, 6.07) is 3.24. The molecule has 0 unspecified atom stereocenters. The normalized spacial score (nSPS) is 20.1. The van der Waals surface area contributed by atoms with Crippen LogP contribution in [0.25, 0.3) is 0 Å². The minimum atomic E-state index is -3.76. The second kappa shape index (κ2) is 5.06. The van der Waals surface area contributed by atoms with E-state index in [2.05, 4.69) is 10.3 Å². The van der Waals surface area contributed by atoms with Crippen LogP contribution in [-0.2, 0) is 19.9 Å². The van der Waals surface area contributed by atoms with Gasteiger partial charge in [-0.25, -0.2) is 21.8 Å². The Morgan fingerprint density at radius 2 is 1.95 bits per heavy atom. The Morgan fingerprint density at radius 3 is 2.53 bits per heavy atom. The fourth-order valence-corrected chi connectivity index (χ4v) is 4.83. The molecule has 0 radical (unpaired) electrons. The number of nitrogens with one attached hydrogen (secondary N) is 1. The zero-order valence-electron chi connectivity index (χ0n) is 10.4. The quantitative estimate of drug-likeness (QED) is 0.812. The lowest BCUT2D eigenvalue weighted by atomic mass is 10.4. The molecule has 1 aromatic rings. The van der Waals surface area contributed by atoms with Crippen LogP contribution in [0.5, 0.6) is 0 Å². The number of anilines is 1. The number of aromatic nitrogens is 1. The zero-order chi connectivity index (χ0) is 14.1. The van der Waals surface area contributed by atoms with E-state index < -0.39 is 19.9 Å². The van der Waals surface area contributed by atoms with E-state index in [0.717, 1.165) is 4.31 Å². The van der Waals surface area contributed by atoms with Gasteiger partial charge in [0, 0.05) is 26.3 Å². The molecule has 0 spiro atoms. The molecule has 2 rings (SSSR count). The van der Waals surface area contributed by atoms with Crippen molar-refractivity contribution in [2.45, 2.75) is 5.03 Å². The van der Waals surface area contributed by atoms with E-state index in [1.807, 2.05) is 0 Å². The highest BCUT2D eigenvalue weighted by Gasteiger charge is 2.33. The minimum Gasteiger partial charge on any atom is -0.386 e. The fourth-order valence-electron chi connectivity index (χ4n) is 1.84. The predicted octanol–water partition coefficient (Wildman–Crippen LogP) is -0.458. The van der Waals surface area contributed by atoms with Gasteiger partial charge in [0.05, 0.1) is 17.2 Å². The Bertz CT molecular complexity index is 656. The second-order valence-electron chi connectivity index (χ2n) is 4.16. The summed E-state index contributed by atoms with van der Waals surface area (Å²) in [6.45, 7) is -0.0468. The SMILES string of the molecule is CNc1cccnc1S(=O)(=O)N1CCS(=O)(=O)CC1. The minimum absolute atomic E-state index is 0.0234. The smallest absolute Gasteiger partial charge is 0.262 e. The van der Waals surface area contributed by atoms with Crippen LogP contribution < -0.4 is 5.32 Å². The Morgan fingerprint density at radius 1 is 1.32 bits per heavy atom. The number of hydrogen-bond donors (Lipinski definition) is 1. The first-order valence-electron chi connectivity index (χ1n) is 5.70. The Balaban J connectivity index is 2.33. The van der Waals surface area contributed by atoms with E-state index in [9.17, 15) is 16.8 Å². The summed E-state index contributed by atoms with van der Waals surface area (Å²) in [5.41, 5.74) is 0.399. The molecule has 2 heterocycles. The van der Waals surface area contributed by atoms with E-state index in [0.29, 0.717) is 5.69 Å². The molecule has 0 saturated carbocycles. The first-order valence-corrected chi connectivity index (χ1v) is 8.96. The highest BCUT2D eigenvalue weighted by Crippen LogP contribution is 2.22. The molecule has 1 aliphatic rings. The molecule has 0 amide bonds. The Kier molecular flexibility index (Phi) is 3.79. The number of pyridine rings is 1. The van der Waals surface area contributed by atoms with Gasteiger partial charge < -0.3 is 5.32 Å². The topological polar surface area (TPSA) is 96.4 Å². The van der Waals surface area contributed by atoms with Crippen molar-refractivity contribution in [3.05, 3.63) is 18.3 Å². The molecule has 0 atom stereocenters. The summed E-state index contributed by atoms with van der Waals surface area (Å²) in [5.74, 6) is -0.290. The van der Waals surface area contributed by atoms with Crippen molar-refractivity contribution in [1.29, 1.82) is 0 Å². The number of nitrogens with zero attached hydrogens (tertiary/aromatic N) is 2. The van der Waals surface area contributed by atoms with E-state index in [1.54, 1.807) is 19.2 Å². The van der Waals surface area contributed by atoms with Gasteiger partial charge in [0.1, 0.15) is 0 Å². The fraction of sp³-hybridized carbons (Fsp3) is 0.500. The molecule has 1 N–H and O–H groups in total. The van der Waals surface area contributed by atoms with Gasteiger partial charge in [-0.2, -0.15) is 4.31 Å². The molecule has 1 fully saturated rings. The summed E-state index contributed by atoms with van der Waals surface area (Å²) in [5, 5.41) is 2.70. The monoisotopic (exact) mass is 305 g/mol. The molecule has 9 heteroatoms. The third-order valence-electron chi connectivity index (χ3n) is 2.93. The summed E-state index contributed by atoms with van der Waals surface area (Å²) >= 11 is 0. The van der Waals surface area contributed by atoms with Crippen LogP contribution in [0.2, 0.25) is 0 Å². The van der Waals surface area contributed by atoms with E-state index in [-0.39, 0.29) is 29.6 Å². The first-order chi connectivity index (χ1) is 8.87. The highest BCUT2D eigenvalue weighted by molar-refractivity contribution is 7.92. The number of hydrogen-bond acceptors (Lipinski definition) is 6. The van der Waals surface area contributed by atoms with E-state index >= 15 is 0 Å². The molecule has 7 nitrogen and oxygen atoms in total. The third-order valence-corrected chi connectivity index (χ3v) is 6.40.